The molecule has 2 rings (SSSR count). The van der Waals surface area contributed by atoms with Crippen LogP contribution >= 0.6 is 0 Å². The highest BCUT2D eigenvalue weighted by molar-refractivity contribution is 7.92. The summed E-state index contributed by atoms with van der Waals surface area (Å²) in [6.45, 7) is 0.505. The summed E-state index contributed by atoms with van der Waals surface area (Å²) < 4.78 is 32.2. The fraction of sp³-hybridized carbons (Fsp3) is 0.400. The fourth-order valence-electron chi connectivity index (χ4n) is 1.40. The molecule has 1 unspecified atom stereocenters. The molecule has 1 aromatic carbocycles. The Hall–Kier alpha value is -1.23. The van der Waals surface area contributed by atoms with Gasteiger partial charge in [0.25, 0.3) is 0 Å². The first-order valence-electron chi connectivity index (χ1n) is 5.25. The first-order chi connectivity index (χ1) is 7.56. The lowest BCUT2D eigenvalue weighted by Gasteiger charge is -2.14. The molecule has 0 fully saturated rings. The topological polar surface area (TPSA) is 58.9 Å². The summed E-state index contributed by atoms with van der Waals surface area (Å²) >= 11 is 0. The lowest BCUT2D eigenvalue weighted by molar-refractivity contribution is 0.543. The van der Waals surface area contributed by atoms with E-state index in [0.717, 1.165) is 0 Å². The molecule has 0 saturated heterocycles. The molecule has 80 valence electrons. The number of rotatable bonds is 2. The van der Waals surface area contributed by atoms with Crippen molar-refractivity contribution in [2.24, 2.45) is 10.2 Å². The Morgan fingerprint density at radius 3 is 2.67 bits per heavy atom. The average Bonchev–Trinajstić information content (AvgIpc) is 2.31. The minimum atomic E-state index is -3.76. The molecule has 0 N–H and O–H groups in total. The van der Waals surface area contributed by atoms with Gasteiger partial charge in [-0.05, 0) is 25.0 Å². The van der Waals surface area contributed by atoms with Crippen molar-refractivity contribution < 1.29 is 9.79 Å². The maximum Gasteiger partial charge on any atom is 0.203 e. The van der Waals surface area contributed by atoms with E-state index in [1.807, 2.05) is 0 Å². The van der Waals surface area contributed by atoms with Crippen LogP contribution in [0, 0.1) is 0 Å². The molecule has 4 nitrogen and oxygen atoms in total. The van der Waals surface area contributed by atoms with E-state index in [1.54, 1.807) is 18.2 Å². The van der Waals surface area contributed by atoms with E-state index in [1.165, 1.54) is 12.1 Å². The van der Waals surface area contributed by atoms with Crippen molar-refractivity contribution in [3.8, 4) is 0 Å². The third kappa shape index (κ3) is 2.07. The Bertz CT molecular complexity index is 501. The van der Waals surface area contributed by atoms with Gasteiger partial charge in [-0.15, -0.1) is 0 Å². The Balaban J connectivity index is 2.47. The van der Waals surface area contributed by atoms with E-state index >= 15 is 0 Å². The molecule has 0 spiro atoms. The Morgan fingerprint density at radius 2 is 2.07 bits per heavy atom. The second-order valence-corrected chi connectivity index (χ2v) is 5.23. The lowest BCUT2D eigenvalue weighted by Crippen LogP contribution is -2.21. The van der Waals surface area contributed by atoms with Crippen molar-refractivity contribution in [1.82, 2.24) is 0 Å². The highest BCUT2D eigenvalue weighted by atomic mass is 32.2. The third-order valence-electron chi connectivity index (χ3n) is 2.19. The van der Waals surface area contributed by atoms with Gasteiger partial charge in [0, 0.05) is 0 Å². The van der Waals surface area contributed by atoms with E-state index in [2.05, 4.69) is 10.2 Å². The summed E-state index contributed by atoms with van der Waals surface area (Å²) in [5.74, 6) is 0. The second kappa shape index (κ2) is 4.10. The largest absolute Gasteiger partial charge is 0.221 e. The monoisotopic (exact) mass is 225 g/mol. The van der Waals surface area contributed by atoms with Gasteiger partial charge in [-0.3, -0.25) is 0 Å². The number of hydrogen-bond acceptors (Lipinski definition) is 4. The summed E-state index contributed by atoms with van der Waals surface area (Å²) in [4.78, 5) is 0.130. The molecule has 1 aliphatic rings. The molecule has 0 saturated carbocycles. The Morgan fingerprint density at radius 1 is 1.33 bits per heavy atom. The first-order valence-corrected chi connectivity index (χ1v) is 6.23. The van der Waals surface area contributed by atoms with Gasteiger partial charge in [-0.2, -0.15) is 10.2 Å². The maximum atomic E-state index is 12.2. The van der Waals surface area contributed by atoms with Gasteiger partial charge in [0.15, 0.2) is 5.35 Å². The van der Waals surface area contributed by atoms with Crippen LogP contribution in [0.15, 0.2) is 45.5 Å². The molecule has 0 bridgehead atoms. The molecule has 1 heterocycles. The molecule has 1 aromatic rings. The summed E-state index contributed by atoms with van der Waals surface area (Å²) in [6, 6.07) is 7.97. The van der Waals surface area contributed by atoms with Crippen LogP contribution in [0.5, 0.6) is 0 Å². The lowest BCUT2D eigenvalue weighted by atomic mass is 10.3. The molecule has 5 heteroatoms. The summed E-state index contributed by atoms with van der Waals surface area (Å²) in [7, 11) is -3.76. The highest BCUT2D eigenvalue weighted by Crippen LogP contribution is 2.22. The second-order valence-electron chi connectivity index (χ2n) is 3.28. The standard InChI is InChI=1S/C10H12N2O2S/c13-15(14,9-5-2-1-3-6-9)10-7-4-8-11-12-10/h1-3,5-6,10H,4,7-8H2/i10D. The minimum Gasteiger partial charge on any atom is -0.221 e. The Kier molecular flexibility index (Phi) is 2.47. The van der Waals surface area contributed by atoms with E-state index in [0.29, 0.717) is 13.0 Å². The number of hydrogen-bond donors (Lipinski definition) is 0. The fourth-order valence-corrected chi connectivity index (χ4v) is 2.77. The molecule has 1 atom stereocenters. The molecule has 15 heavy (non-hydrogen) atoms. The zero-order valence-corrected chi connectivity index (χ0v) is 8.94. The van der Waals surface area contributed by atoms with Crippen LogP contribution in [-0.4, -0.2) is 20.3 Å². The first kappa shape index (κ1) is 9.03. The quantitative estimate of drug-likeness (QED) is 0.773. The summed E-state index contributed by atoms with van der Waals surface area (Å²) in [5, 5.41) is 5.45. The summed E-state index contributed by atoms with van der Waals surface area (Å²) in [6.07, 6.45) is 0.785. The number of nitrogens with zero attached hydrogens (tertiary/aromatic N) is 2. The van der Waals surface area contributed by atoms with Crippen molar-refractivity contribution in [2.45, 2.75) is 23.1 Å². The average molecular weight is 225 g/mol. The van der Waals surface area contributed by atoms with Crippen LogP contribution in [-0.2, 0) is 9.84 Å². The zero-order valence-electron chi connectivity index (χ0n) is 9.13. The SMILES string of the molecule is [2H]C1(S(=O)(=O)c2ccccc2)CCCN=N1. The van der Waals surface area contributed by atoms with Crippen molar-refractivity contribution >= 4 is 9.84 Å². The predicted molar refractivity (Wildman–Crippen MR) is 56.4 cm³/mol. The number of sulfone groups is 1. The van der Waals surface area contributed by atoms with E-state index < -0.39 is 15.2 Å². The van der Waals surface area contributed by atoms with Gasteiger partial charge in [-0.1, -0.05) is 18.2 Å². The van der Waals surface area contributed by atoms with Crippen molar-refractivity contribution in [3.05, 3.63) is 30.3 Å². The smallest absolute Gasteiger partial charge is 0.203 e. The molecule has 1 aliphatic heterocycles. The van der Waals surface area contributed by atoms with E-state index in [4.69, 9.17) is 1.37 Å². The molecule has 0 radical (unpaired) electrons. The maximum absolute atomic E-state index is 12.2. The molecule has 0 aliphatic carbocycles. The van der Waals surface area contributed by atoms with Crippen molar-refractivity contribution in [3.63, 3.8) is 0 Å². The number of azo groups is 1. The minimum absolute atomic E-state index is 0.130. The van der Waals surface area contributed by atoms with Crippen LogP contribution < -0.4 is 0 Å². The van der Waals surface area contributed by atoms with E-state index in [9.17, 15) is 8.42 Å². The van der Waals surface area contributed by atoms with Crippen LogP contribution in [0.3, 0.4) is 0 Å². The van der Waals surface area contributed by atoms with Crippen LogP contribution in [0.4, 0.5) is 0 Å². The zero-order chi connectivity index (χ0) is 11.6. The summed E-state index contributed by atoms with van der Waals surface area (Å²) in [5.41, 5.74) is 0. The third-order valence-corrected chi connectivity index (χ3v) is 3.99. The van der Waals surface area contributed by atoms with Gasteiger partial charge in [0.2, 0.25) is 9.84 Å². The molecular formula is C10H12N2O2S. The Labute approximate surface area is 90.4 Å². The van der Waals surface area contributed by atoms with Crippen molar-refractivity contribution in [2.75, 3.05) is 6.54 Å². The van der Waals surface area contributed by atoms with Gasteiger partial charge in [-0.25, -0.2) is 8.42 Å². The van der Waals surface area contributed by atoms with Gasteiger partial charge in [0.1, 0.15) is 0 Å². The van der Waals surface area contributed by atoms with Crippen LogP contribution in [0.1, 0.15) is 14.2 Å². The molecule has 0 aromatic heterocycles. The van der Waals surface area contributed by atoms with Gasteiger partial charge in [0.05, 0.1) is 12.8 Å². The van der Waals surface area contributed by atoms with Crippen LogP contribution in [0.2, 0.25) is 0 Å². The van der Waals surface area contributed by atoms with Crippen LogP contribution in [0.25, 0.3) is 0 Å². The van der Waals surface area contributed by atoms with Gasteiger partial charge >= 0.3 is 0 Å². The normalized spacial score (nSPS) is 27.3. The van der Waals surface area contributed by atoms with Gasteiger partial charge < -0.3 is 0 Å². The number of benzene rings is 1. The molecular weight excluding hydrogens is 212 g/mol. The molecule has 0 amide bonds. The predicted octanol–water partition coefficient (Wildman–Crippen LogP) is 2.03. The highest BCUT2D eigenvalue weighted by Gasteiger charge is 2.28. The van der Waals surface area contributed by atoms with Crippen molar-refractivity contribution in [1.29, 1.82) is 0 Å². The van der Waals surface area contributed by atoms with E-state index in [-0.39, 0.29) is 11.3 Å².